The number of nitrogens with zero attached hydrogens (tertiary/aromatic N) is 2. The maximum absolute atomic E-state index is 12.4. The van der Waals surface area contributed by atoms with Crippen molar-refractivity contribution >= 4 is 17.7 Å². The Labute approximate surface area is 134 Å². The van der Waals surface area contributed by atoms with Crippen LogP contribution in [0.2, 0.25) is 0 Å². The monoisotopic (exact) mass is 313 g/mol. The van der Waals surface area contributed by atoms with Crippen LogP contribution in [0.5, 0.6) is 0 Å². The third-order valence-corrected chi connectivity index (χ3v) is 5.93. The van der Waals surface area contributed by atoms with E-state index < -0.39 is 0 Å². The van der Waals surface area contributed by atoms with Crippen LogP contribution in [0.1, 0.15) is 33.1 Å². The summed E-state index contributed by atoms with van der Waals surface area (Å²) in [6, 6.07) is 0.393. The highest BCUT2D eigenvalue weighted by molar-refractivity contribution is 7.99. The molecule has 0 aromatic carbocycles. The molecule has 0 spiro atoms. The number of carbonyl (C=O) groups excluding carboxylic acids is 1. The molecule has 1 atom stereocenters. The van der Waals surface area contributed by atoms with Crippen LogP contribution in [0, 0.1) is 5.92 Å². The molecule has 0 aliphatic carbocycles. The smallest absolute Gasteiger partial charge is 0.224 e. The molecule has 122 valence electrons. The molecule has 0 aromatic rings. The van der Waals surface area contributed by atoms with E-state index in [0.29, 0.717) is 18.4 Å². The Morgan fingerprint density at radius 2 is 2.00 bits per heavy atom. The van der Waals surface area contributed by atoms with Gasteiger partial charge in [-0.1, -0.05) is 13.8 Å². The Morgan fingerprint density at radius 3 is 2.57 bits per heavy atom. The molecule has 4 nitrogen and oxygen atoms in total. The summed E-state index contributed by atoms with van der Waals surface area (Å²) in [4.78, 5) is 17.0. The Balaban J connectivity index is 1.69. The molecule has 2 aliphatic heterocycles. The number of carbonyl (C=O) groups is 1. The minimum absolute atomic E-state index is 0.358. The average Bonchev–Trinajstić information content (AvgIpc) is 2.54. The van der Waals surface area contributed by atoms with Gasteiger partial charge in [0.05, 0.1) is 0 Å². The third-order valence-electron chi connectivity index (χ3n) is 4.80. The van der Waals surface area contributed by atoms with E-state index in [-0.39, 0.29) is 0 Å². The lowest BCUT2D eigenvalue weighted by atomic mass is 9.95. The van der Waals surface area contributed by atoms with Gasteiger partial charge in [0.25, 0.3) is 0 Å². The van der Waals surface area contributed by atoms with Gasteiger partial charge in [0.1, 0.15) is 0 Å². The van der Waals surface area contributed by atoms with Crippen molar-refractivity contribution in [2.45, 2.75) is 39.2 Å². The molecular weight excluding hydrogens is 282 g/mol. The van der Waals surface area contributed by atoms with E-state index in [4.69, 9.17) is 0 Å². The van der Waals surface area contributed by atoms with Gasteiger partial charge in [0.15, 0.2) is 0 Å². The molecule has 1 amide bonds. The second kappa shape index (κ2) is 9.01. The van der Waals surface area contributed by atoms with Crippen molar-refractivity contribution in [1.29, 1.82) is 0 Å². The zero-order chi connectivity index (χ0) is 15.1. The van der Waals surface area contributed by atoms with Crippen molar-refractivity contribution in [3.05, 3.63) is 0 Å². The number of hydrogen-bond acceptors (Lipinski definition) is 4. The molecule has 1 N–H and O–H groups in total. The quantitative estimate of drug-likeness (QED) is 0.809. The van der Waals surface area contributed by atoms with Gasteiger partial charge >= 0.3 is 0 Å². The molecule has 21 heavy (non-hydrogen) atoms. The van der Waals surface area contributed by atoms with E-state index in [1.54, 1.807) is 0 Å². The molecule has 1 unspecified atom stereocenters. The van der Waals surface area contributed by atoms with Crippen LogP contribution in [-0.2, 0) is 4.79 Å². The largest absolute Gasteiger partial charge is 0.343 e. The fourth-order valence-electron chi connectivity index (χ4n) is 3.30. The van der Waals surface area contributed by atoms with E-state index in [9.17, 15) is 4.79 Å². The van der Waals surface area contributed by atoms with Crippen LogP contribution in [0.25, 0.3) is 0 Å². The normalized spacial score (nSPS) is 24.5. The summed E-state index contributed by atoms with van der Waals surface area (Å²) in [6.45, 7) is 10.9. The van der Waals surface area contributed by atoms with Crippen molar-refractivity contribution < 1.29 is 4.79 Å². The number of likely N-dealkylation sites (tertiary alicyclic amines) is 1. The first-order valence-corrected chi connectivity index (χ1v) is 9.69. The molecule has 0 saturated carbocycles. The molecule has 2 fully saturated rings. The fraction of sp³-hybridized carbons (Fsp3) is 0.938. The average molecular weight is 314 g/mol. The lowest BCUT2D eigenvalue weighted by molar-refractivity contribution is -0.133. The predicted molar refractivity (Wildman–Crippen MR) is 90.8 cm³/mol. The molecule has 2 rings (SSSR count). The van der Waals surface area contributed by atoms with Gasteiger partial charge in [-0.05, 0) is 31.8 Å². The SMILES string of the molecule is CCN(CC)CC1CCN(C(=O)CC2CSCCN2)CC1. The number of amides is 1. The highest BCUT2D eigenvalue weighted by atomic mass is 32.2. The number of piperidine rings is 1. The first kappa shape index (κ1) is 17.1. The Bertz CT molecular complexity index is 309. The molecule has 0 radical (unpaired) electrons. The maximum atomic E-state index is 12.4. The van der Waals surface area contributed by atoms with Gasteiger partial charge in [-0.3, -0.25) is 4.79 Å². The minimum atomic E-state index is 0.358. The van der Waals surface area contributed by atoms with E-state index in [1.165, 1.54) is 25.1 Å². The Kier molecular flexibility index (Phi) is 7.34. The van der Waals surface area contributed by atoms with Crippen molar-refractivity contribution in [3.8, 4) is 0 Å². The topological polar surface area (TPSA) is 35.6 Å². The summed E-state index contributed by atoms with van der Waals surface area (Å²) in [6.07, 6.45) is 3.04. The van der Waals surface area contributed by atoms with Crippen LogP contribution in [-0.4, -0.2) is 72.5 Å². The number of nitrogens with one attached hydrogen (secondary N) is 1. The molecule has 5 heteroatoms. The highest BCUT2D eigenvalue weighted by Gasteiger charge is 2.26. The number of rotatable bonds is 6. The molecule has 0 bridgehead atoms. The van der Waals surface area contributed by atoms with Gasteiger partial charge in [-0.15, -0.1) is 0 Å². The van der Waals surface area contributed by atoms with Crippen LogP contribution in [0.15, 0.2) is 0 Å². The van der Waals surface area contributed by atoms with Crippen molar-refractivity contribution in [3.63, 3.8) is 0 Å². The number of thioether (sulfide) groups is 1. The molecule has 2 saturated heterocycles. The third kappa shape index (κ3) is 5.46. The van der Waals surface area contributed by atoms with E-state index in [0.717, 1.165) is 44.4 Å². The first-order valence-electron chi connectivity index (χ1n) is 8.54. The van der Waals surface area contributed by atoms with Gasteiger partial charge < -0.3 is 15.1 Å². The van der Waals surface area contributed by atoms with Gasteiger partial charge in [0, 0.05) is 50.1 Å². The van der Waals surface area contributed by atoms with E-state index >= 15 is 0 Å². The fourth-order valence-corrected chi connectivity index (χ4v) is 4.25. The summed E-state index contributed by atoms with van der Waals surface area (Å²) < 4.78 is 0. The molecule has 2 aliphatic rings. The molecular formula is C16H31N3OS. The first-order chi connectivity index (χ1) is 10.2. The van der Waals surface area contributed by atoms with Crippen LogP contribution < -0.4 is 5.32 Å². The zero-order valence-corrected chi connectivity index (χ0v) is 14.5. The zero-order valence-electron chi connectivity index (χ0n) is 13.6. The minimum Gasteiger partial charge on any atom is -0.343 e. The lowest BCUT2D eigenvalue weighted by Crippen LogP contribution is -2.45. The van der Waals surface area contributed by atoms with Gasteiger partial charge in [0.2, 0.25) is 5.91 Å². The standard InChI is InChI=1S/C16H31N3OS/c1-3-18(4-2)12-14-5-8-19(9-6-14)16(20)11-15-13-21-10-7-17-15/h14-15,17H,3-13H2,1-2H3. The van der Waals surface area contributed by atoms with Crippen molar-refractivity contribution in [1.82, 2.24) is 15.1 Å². The van der Waals surface area contributed by atoms with Gasteiger partial charge in [-0.2, -0.15) is 11.8 Å². The van der Waals surface area contributed by atoms with Crippen molar-refractivity contribution in [2.75, 3.05) is 50.8 Å². The predicted octanol–water partition coefficient (Wildman–Crippen LogP) is 1.66. The lowest BCUT2D eigenvalue weighted by Gasteiger charge is -2.35. The van der Waals surface area contributed by atoms with Gasteiger partial charge in [-0.25, -0.2) is 0 Å². The van der Waals surface area contributed by atoms with E-state index in [2.05, 4.69) is 29.0 Å². The van der Waals surface area contributed by atoms with E-state index in [1.807, 2.05) is 11.8 Å². The summed E-state index contributed by atoms with van der Waals surface area (Å²) in [7, 11) is 0. The van der Waals surface area contributed by atoms with Crippen LogP contribution in [0.4, 0.5) is 0 Å². The second-order valence-electron chi connectivity index (χ2n) is 6.24. The molecule has 0 aromatic heterocycles. The molecule has 2 heterocycles. The summed E-state index contributed by atoms with van der Waals surface area (Å²) in [5.74, 6) is 3.40. The Morgan fingerprint density at radius 1 is 1.29 bits per heavy atom. The Hall–Kier alpha value is -0.260. The summed E-state index contributed by atoms with van der Waals surface area (Å²) in [5.41, 5.74) is 0. The van der Waals surface area contributed by atoms with Crippen molar-refractivity contribution in [2.24, 2.45) is 5.92 Å². The summed E-state index contributed by atoms with van der Waals surface area (Å²) >= 11 is 1.97. The highest BCUT2D eigenvalue weighted by Crippen LogP contribution is 2.20. The summed E-state index contributed by atoms with van der Waals surface area (Å²) in [5, 5.41) is 3.46. The van der Waals surface area contributed by atoms with Crippen LogP contribution in [0.3, 0.4) is 0 Å². The second-order valence-corrected chi connectivity index (χ2v) is 7.39. The number of hydrogen-bond donors (Lipinski definition) is 1. The van der Waals surface area contributed by atoms with Crippen LogP contribution >= 0.6 is 11.8 Å². The maximum Gasteiger partial charge on any atom is 0.224 e.